The summed E-state index contributed by atoms with van der Waals surface area (Å²) in [6.07, 6.45) is 0. The lowest BCUT2D eigenvalue weighted by molar-refractivity contribution is -0.165. The number of nitrogens with one attached hydrogen (secondary N) is 2. The van der Waals surface area contributed by atoms with Crippen LogP contribution in [0.2, 0.25) is 0 Å². The molecule has 9 nitrogen and oxygen atoms in total. The molecule has 9 heteroatoms. The van der Waals surface area contributed by atoms with Gasteiger partial charge in [0.2, 0.25) is 0 Å². The summed E-state index contributed by atoms with van der Waals surface area (Å²) >= 11 is 0. The van der Waals surface area contributed by atoms with Gasteiger partial charge < -0.3 is 9.84 Å². The molecule has 2 aliphatic rings. The number of aliphatic hydroxyl groups is 1. The van der Waals surface area contributed by atoms with Gasteiger partial charge in [-0.3, -0.25) is 25.0 Å². The molecule has 0 saturated carbocycles. The number of carbonyl (C=O) groups excluding carboxylic acids is 5. The van der Waals surface area contributed by atoms with E-state index in [0.717, 1.165) is 0 Å². The Morgan fingerprint density at radius 1 is 0.957 bits per heavy atom. The van der Waals surface area contributed by atoms with Crippen molar-refractivity contribution in [2.75, 3.05) is 0 Å². The molecular weight excluding hydrogens is 308 g/mol. The molecule has 1 aromatic carbocycles. The number of aliphatic hydroxyl groups excluding tert-OH is 1. The summed E-state index contributed by atoms with van der Waals surface area (Å²) in [5.74, 6) is -6.25. The minimum Gasteiger partial charge on any atom is -0.507 e. The lowest BCUT2D eigenvalue weighted by Gasteiger charge is -2.29. The van der Waals surface area contributed by atoms with Crippen LogP contribution in [0.1, 0.15) is 5.56 Å². The molecule has 2 aliphatic heterocycles. The van der Waals surface area contributed by atoms with Crippen LogP contribution in [0.15, 0.2) is 35.9 Å². The quantitative estimate of drug-likeness (QED) is 0.202. The van der Waals surface area contributed by atoms with Crippen molar-refractivity contribution in [1.82, 2.24) is 10.6 Å². The van der Waals surface area contributed by atoms with Gasteiger partial charge >= 0.3 is 17.6 Å². The third kappa shape index (κ3) is 1.90. The number of hydrogen-bond donors (Lipinski definition) is 3. The summed E-state index contributed by atoms with van der Waals surface area (Å²) < 4.78 is 4.65. The van der Waals surface area contributed by atoms with E-state index >= 15 is 0 Å². The van der Waals surface area contributed by atoms with Gasteiger partial charge in [-0.25, -0.2) is 9.59 Å². The summed E-state index contributed by atoms with van der Waals surface area (Å²) in [5, 5.41) is 13.8. The molecule has 3 N–H and O–H groups in total. The Morgan fingerprint density at radius 2 is 1.52 bits per heavy atom. The number of rotatable bonds is 1. The van der Waals surface area contributed by atoms with E-state index in [9.17, 15) is 29.1 Å². The Balaban J connectivity index is 2.26. The predicted octanol–water partition coefficient (Wildman–Crippen LogP) is -0.814. The maximum absolute atomic E-state index is 12.1. The maximum atomic E-state index is 12.1. The third-order valence-corrected chi connectivity index (χ3v) is 3.39. The van der Waals surface area contributed by atoms with Crippen molar-refractivity contribution in [3.05, 3.63) is 41.5 Å². The molecular formula is C14H8N2O7. The molecule has 3 rings (SSSR count). The Morgan fingerprint density at radius 3 is 2.09 bits per heavy atom. The van der Waals surface area contributed by atoms with Gasteiger partial charge in [-0.05, 0) is 0 Å². The van der Waals surface area contributed by atoms with Crippen molar-refractivity contribution in [2.45, 2.75) is 5.60 Å². The fraction of sp³-hybridized carbons (Fsp3) is 0.0714. The van der Waals surface area contributed by atoms with Crippen molar-refractivity contribution >= 4 is 35.4 Å². The van der Waals surface area contributed by atoms with E-state index in [-0.39, 0.29) is 5.56 Å². The molecule has 0 bridgehead atoms. The second-order valence-corrected chi connectivity index (χ2v) is 4.73. The summed E-state index contributed by atoms with van der Waals surface area (Å²) in [5.41, 5.74) is -3.48. The van der Waals surface area contributed by atoms with Crippen LogP contribution >= 0.6 is 0 Å². The summed E-state index contributed by atoms with van der Waals surface area (Å²) in [7, 11) is 0. The number of Topliss-reactive ketones (excluding diaryl/α,β-unsaturated/α-hetero) is 1. The smallest absolute Gasteiger partial charge is 0.381 e. The zero-order valence-corrected chi connectivity index (χ0v) is 11.3. The highest BCUT2D eigenvalue weighted by Crippen LogP contribution is 2.36. The molecule has 116 valence electrons. The van der Waals surface area contributed by atoms with Gasteiger partial charge in [0.25, 0.3) is 17.6 Å². The van der Waals surface area contributed by atoms with Gasteiger partial charge in [-0.2, -0.15) is 0 Å². The number of amides is 4. The lowest BCUT2D eigenvalue weighted by atomic mass is 9.87. The van der Waals surface area contributed by atoms with E-state index in [4.69, 9.17) is 0 Å². The van der Waals surface area contributed by atoms with Gasteiger partial charge in [0.05, 0.1) is 0 Å². The Kier molecular flexibility index (Phi) is 2.99. The molecule has 1 spiro atoms. The number of ketones is 1. The zero-order valence-electron chi connectivity index (χ0n) is 11.3. The Bertz CT molecular complexity index is 790. The molecule has 2 saturated heterocycles. The van der Waals surface area contributed by atoms with Crippen molar-refractivity contribution in [2.24, 2.45) is 0 Å². The second-order valence-electron chi connectivity index (χ2n) is 4.73. The van der Waals surface area contributed by atoms with Crippen LogP contribution in [-0.4, -0.2) is 40.3 Å². The molecule has 0 aliphatic carbocycles. The van der Waals surface area contributed by atoms with Crippen LogP contribution < -0.4 is 10.6 Å². The monoisotopic (exact) mass is 316 g/mol. The molecule has 0 radical (unpaired) electrons. The van der Waals surface area contributed by atoms with Crippen LogP contribution in [-0.2, 0) is 23.9 Å². The van der Waals surface area contributed by atoms with Gasteiger partial charge in [0.1, 0.15) is 11.3 Å². The summed E-state index contributed by atoms with van der Waals surface area (Å²) in [6.45, 7) is 0. The van der Waals surface area contributed by atoms with Crippen molar-refractivity contribution in [3.8, 4) is 0 Å². The number of esters is 1. The molecule has 0 aromatic heterocycles. The number of benzene rings is 1. The van der Waals surface area contributed by atoms with Crippen LogP contribution in [0.25, 0.3) is 5.76 Å². The Labute approximate surface area is 127 Å². The average molecular weight is 316 g/mol. The van der Waals surface area contributed by atoms with Crippen molar-refractivity contribution in [3.63, 3.8) is 0 Å². The lowest BCUT2D eigenvalue weighted by Crippen LogP contribution is -2.67. The fourth-order valence-corrected chi connectivity index (χ4v) is 2.35. The van der Waals surface area contributed by atoms with Crippen LogP contribution in [0, 0.1) is 0 Å². The standard InChI is InChI=1S/C14H8N2O7/c17-8(6-4-2-1-3-5-6)7-9(18)10(19)23-14(7)11(20)15-13(22)16-12(14)21/h1-5,17H,(H2,15,16,20,21,22)/b8-7+. The fourth-order valence-electron chi connectivity index (χ4n) is 2.35. The van der Waals surface area contributed by atoms with Crippen LogP contribution in [0.4, 0.5) is 4.79 Å². The second kappa shape index (κ2) is 4.77. The number of ether oxygens (including phenoxy) is 1. The molecule has 0 atom stereocenters. The first-order valence-corrected chi connectivity index (χ1v) is 6.31. The Hall–Kier alpha value is -3.49. The number of imide groups is 2. The predicted molar refractivity (Wildman–Crippen MR) is 71.5 cm³/mol. The number of carbonyl (C=O) groups is 5. The van der Waals surface area contributed by atoms with Gasteiger partial charge in [-0.1, -0.05) is 30.3 Å². The first-order chi connectivity index (χ1) is 10.9. The van der Waals surface area contributed by atoms with Gasteiger partial charge in [0.15, 0.2) is 0 Å². The zero-order chi connectivity index (χ0) is 16.8. The number of hydrogen-bond acceptors (Lipinski definition) is 7. The minimum absolute atomic E-state index is 0.0889. The van der Waals surface area contributed by atoms with E-state index in [1.54, 1.807) is 16.7 Å². The highest BCUT2D eigenvalue weighted by atomic mass is 16.6. The first kappa shape index (κ1) is 14.4. The molecule has 1 aromatic rings. The highest BCUT2D eigenvalue weighted by molar-refractivity contribution is 6.50. The molecule has 2 fully saturated rings. The van der Waals surface area contributed by atoms with Crippen LogP contribution in [0.5, 0.6) is 0 Å². The largest absolute Gasteiger partial charge is 0.507 e. The number of urea groups is 1. The average Bonchev–Trinajstić information content (AvgIpc) is 2.78. The van der Waals surface area contributed by atoms with Crippen LogP contribution in [0.3, 0.4) is 0 Å². The normalized spacial score (nSPS) is 21.8. The molecule has 0 unspecified atom stereocenters. The molecule has 4 amide bonds. The minimum atomic E-state index is -2.73. The number of barbiturate groups is 1. The molecule has 2 heterocycles. The maximum Gasteiger partial charge on any atom is 0.381 e. The van der Waals surface area contributed by atoms with E-state index in [0.29, 0.717) is 0 Å². The third-order valence-electron chi connectivity index (χ3n) is 3.39. The molecule has 23 heavy (non-hydrogen) atoms. The van der Waals surface area contributed by atoms with Gasteiger partial charge in [-0.15, -0.1) is 0 Å². The van der Waals surface area contributed by atoms with Crippen molar-refractivity contribution in [1.29, 1.82) is 0 Å². The summed E-state index contributed by atoms with van der Waals surface area (Å²) in [4.78, 5) is 59.0. The van der Waals surface area contributed by atoms with Gasteiger partial charge in [0, 0.05) is 5.56 Å². The van der Waals surface area contributed by atoms with Crippen molar-refractivity contribution < 1.29 is 33.8 Å². The van der Waals surface area contributed by atoms with E-state index in [2.05, 4.69) is 4.74 Å². The highest BCUT2D eigenvalue weighted by Gasteiger charge is 2.66. The topological polar surface area (TPSA) is 139 Å². The summed E-state index contributed by atoms with van der Waals surface area (Å²) in [6, 6.07) is 6.37. The SMILES string of the molecule is O=C1NC(=O)C2(OC(=O)C(=O)/C2=C(\O)c2ccccc2)C(=O)N1. The first-order valence-electron chi connectivity index (χ1n) is 6.31. The van der Waals surface area contributed by atoms with E-state index in [1.807, 2.05) is 0 Å². The van der Waals surface area contributed by atoms with E-state index < -0.39 is 46.5 Å². The van der Waals surface area contributed by atoms with E-state index in [1.165, 1.54) is 24.3 Å².